The molecule has 0 amide bonds. The van der Waals surface area contributed by atoms with Gasteiger partial charge in [0.25, 0.3) is 0 Å². The molecule has 1 saturated carbocycles. The van der Waals surface area contributed by atoms with Crippen molar-refractivity contribution in [1.29, 1.82) is 0 Å². The Morgan fingerprint density at radius 2 is 2.14 bits per heavy atom. The molecule has 1 aliphatic rings. The van der Waals surface area contributed by atoms with E-state index in [0.717, 1.165) is 24.2 Å². The van der Waals surface area contributed by atoms with Gasteiger partial charge in [-0.05, 0) is 31.4 Å². The zero-order chi connectivity index (χ0) is 9.97. The molecule has 1 aromatic carbocycles. The summed E-state index contributed by atoms with van der Waals surface area (Å²) in [6.45, 7) is 2.21. The molecule has 74 valence electrons. The minimum atomic E-state index is 0.232. The molecule has 1 aliphatic carbocycles. The first-order valence-corrected chi connectivity index (χ1v) is 4.98. The van der Waals surface area contributed by atoms with Crippen LogP contribution < -0.4 is 4.74 Å². The van der Waals surface area contributed by atoms with Crippen molar-refractivity contribution < 1.29 is 9.53 Å². The predicted molar refractivity (Wildman–Crippen MR) is 54.4 cm³/mol. The number of carbonyl (C=O) groups is 1. The SMILES string of the molecule is Cc1ccccc1OCC(=O)C1CC1. The van der Waals surface area contributed by atoms with Crippen LogP contribution in [-0.4, -0.2) is 12.4 Å². The molecule has 0 bridgehead atoms. The molecule has 1 aromatic rings. The van der Waals surface area contributed by atoms with Crippen molar-refractivity contribution in [3.05, 3.63) is 29.8 Å². The van der Waals surface area contributed by atoms with Crippen molar-refractivity contribution in [2.75, 3.05) is 6.61 Å². The van der Waals surface area contributed by atoms with Crippen molar-refractivity contribution in [2.45, 2.75) is 19.8 Å². The fourth-order valence-corrected chi connectivity index (χ4v) is 1.39. The standard InChI is InChI=1S/C12H14O2/c1-9-4-2-3-5-12(9)14-8-11(13)10-6-7-10/h2-5,10H,6-8H2,1H3. The summed E-state index contributed by atoms with van der Waals surface area (Å²) in [6, 6.07) is 7.77. The Balaban J connectivity index is 1.91. The summed E-state index contributed by atoms with van der Waals surface area (Å²) in [7, 11) is 0. The first kappa shape index (κ1) is 9.25. The molecule has 0 saturated heterocycles. The van der Waals surface area contributed by atoms with Gasteiger partial charge in [0.05, 0.1) is 0 Å². The molecular weight excluding hydrogens is 176 g/mol. The predicted octanol–water partition coefficient (Wildman–Crippen LogP) is 2.35. The van der Waals surface area contributed by atoms with E-state index in [0.29, 0.717) is 5.92 Å². The Morgan fingerprint density at radius 3 is 2.79 bits per heavy atom. The van der Waals surface area contributed by atoms with E-state index in [9.17, 15) is 4.79 Å². The minimum absolute atomic E-state index is 0.232. The van der Waals surface area contributed by atoms with Crippen molar-refractivity contribution in [3.63, 3.8) is 0 Å². The molecule has 0 spiro atoms. The maximum absolute atomic E-state index is 11.4. The number of carbonyl (C=O) groups excluding carboxylic acids is 1. The quantitative estimate of drug-likeness (QED) is 0.728. The van der Waals surface area contributed by atoms with Gasteiger partial charge in [0.15, 0.2) is 5.78 Å². The van der Waals surface area contributed by atoms with E-state index in [1.54, 1.807) is 0 Å². The highest BCUT2D eigenvalue weighted by molar-refractivity contribution is 5.84. The zero-order valence-electron chi connectivity index (χ0n) is 8.32. The summed E-state index contributed by atoms with van der Waals surface area (Å²) in [5, 5.41) is 0. The van der Waals surface area contributed by atoms with Crippen molar-refractivity contribution >= 4 is 5.78 Å². The van der Waals surface area contributed by atoms with Crippen LogP contribution in [0.1, 0.15) is 18.4 Å². The fraction of sp³-hybridized carbons (Fsp3) is 0.417. The largest absolute Gasteiger partial charge is 0.486 e. The Morgan fingerprint density at radius 1 is 1.43 bits per heavy atom. The Hall–Kier alpha value is -1.31. The summed E-state index contributed by atoms with van der Waals surface area (Å²) in [5.74, 6) is 1.36. The molecular formula is C12H14O2. The number of benzene rings is 1. The number of para-hydroxylation sites is 1. The van der Waals surface area contributed by atoms with Crippen LogP contribution in [-0.2, 0) is 4.79 Å². The van der Waals surface area contributed by atoms with Gasteiger partial charge in [0.2, 0.25) is 0 Å². The Labute approximate surface area is 83.9 Å². The fourth-order valence-electron chi connectivity index (χ4n) is 1.39. The second-order valence-corrected chi connectivity index (χ2v) is 3.79. The van der Waals surface area contributed by atoms with Gasteiger partial charge in [-0.1, -0.05) is 18.2 Å². The van der Waals surface area contributed by atoms with Crippen LogP contribution in [0, 0.1) is 12.8 Å². The van der Waals surface area contributed by atoms with Crippen molar-refractivity contribution in [2.24, 2.45) is 5.92 Å². The summed E-state index contributed by atoms with van der Waals surface area (Å²) in [5.41, 5.74) is 1.08. The lowest BCUT2D eigenvalue weighted by atomic mass is 10.2. The third kappa shape index (κ3) is 2.13. The number of ketones is 1. The third-order valence-corrected chi connectivity index (χ3v) is 2.50. The molecule has 1 fully saturated rings. The van der Waals surface area contributed by atoms with E-state index < -0.39 is 0 Å². The second-order valence-electron chi connectivity index (χ2n) is 3.79. The number of rotatable bonds is 4. The van der Waals surface area contributed by atoms with Crippen molar-refractivity contribution in [1.82, 2.24) is 0 Å². The first-order chi connectivity index (χ1) is 6.77. The third-order valence-electron chi connectivity index (χ3n) is 2.50. The summed E-state index contributed by atoms with van der Waals surface area (Å²) in [4.78, 5) is 11.4. The summed E-state index contributed by atoms with van der Waals surface area (Å²) >= 11 is 0. The minimum Gasteiger partial charge on any atom is -0.486 e. The number of Topliss-reactive ketones (excluding diaryl/α,β-unsaturated/α-hetero) is 1. The smallest absolute Gasteiger partial charge is 0.173 e. The van der Waals surface area contributed by atoms with Crippen LogP contribution >= 0.6 is 0 Å². The molecule has 0 aromatic heterocycles. The molecule has 2 nitrogen and oxygen atoms in total. The normalized spacial score (nSPS) is 15.2. The average molecular weight is 190 g/mol. The Kier molecular flexibility index (Phi) is 2.53. The summed E-state index contributed by atoms with van der Waals surface area (Å²) < 4.78 is 5.45. The van der Waals surface area contributed by atoms with Gasteiger partial charge in [0, 0.05) is 5.92 Å². The highest BCUT2D eigenvalue weighted by Crippen LogP contribution is 2.30. The van der Waals surface area contributed by atoms with Gasteiger partial charge in [-0.25, -0.2) is 0 Å². The van der Waals surface area contributed by atoms with Crippen LogP contribution in [0.4, 0.5) is 0 Å². The maximum Gasteiger partial charge on any atom is 0.173 e. The Bertz CT molecular complexity index is 340. The molecule has 0 heterocycles. The number of hydrogen-bond acceptors (Lipinski definition) is 2. The van der Waals surface area contributed by atoms with E-state index in [2.05, 4.69) is 0 Å². The van der Waals surface area contributed by atoms with Gasteiger partial charge >= 0.3 is 0 Å². The van der Waals surface area contributed by atoms with Gasteiger partial charge < -0.3 is 4.74 Å². The lowest BCUT2D eigenvalue weighted by molar-refractivity contribution is -0.122. The number of aryl methyl sites for hydroxylation is 1. The molecule has 0 radical (unpaired) electrons. The monoisotopic (exact) mass is 190 g/mol. The van der Waals surface area contributed by atoms with Crippen molar-refractivity contribution in [3.8, 4) is 5.75 Å². The van der Waals surface area contributed by atoms with Gasteiger partial charge in [-0.15, -0.1) is 0 Å². The van der Waals surface area contributed by atoms with Crippen LogP contribution in [0.2, 0.25) is 0 Å². The van der Waals surface area contributed by atoms with Gasteiger partial charge in [-0.2, -0.15) is 0 Å². The summed E-state index contributed by atoms with van der Waals surface area (Å²) in [6.07, 6.45) is 2.10. The topological polar surface area (TPSA) is 26.3 Å². The zero-order valence-corrected chi connectivity index (χ0v) is 8.32. The highest BCUT2D eigenvalue weighted by atomic mass is 16.5. The number of ether oxygens (including phenoxy) is 1. The van der Waals surface area contributed by atoms with E-state index in [4.69, 9.17) is 4.74 Å². The average Bonchev–Trinajstić information content (AvgIpc) is 2.99. The highest BCUT2D eigenvalue weighted by Gasteiger charge is 2.29. The first-order valence-electron chi connectivity index (χ1n) is 4.98. The number of hydrogen-bond donors (Lipinski definition) is 0. The maximum atomic E-state index is 11.4. The molecule has 0 atom stereocenters. The van der Waals surface area contributed by atoms with E-state index in [1.165, 1.54) is 0 Å². The van der Waals surface area contributed by atoms with E-state index >= 15 is 0 Å². The molecule has 2 rings (SSSR count). The molecule has 14 heavy (non-hydrogen) atoms. The van der Waals surface area contributed by atoms with Gasteiger partial charge in [-0.3, -0.25) is 4.79 Å². The molecule has 0 aliphatic heterocycles. The van der Waals surface area contributed by atoms with E-state index in [-0.39, 0.29) is 12.4 Å². The van der Waals surface area contributed by atoms with Crippen LogP contribution in [0.3, 0.4) is 0 Å². The second kappa shape index (κ2) is 3.82. The molecule has 2 heteroatoms. The van der Waals surface area contributed by atoms with Gasteiger partial charge in [0.1, 0.15) is 12.4 Å². The van der Waals surface area contributed by atoms with E-state index in [1.807, 2.05) is 31.2 Å². The molecule has 0 unspecified atom stereocenters. The molecule has 0 N–H and O–H groups in total. The van der Waals surface area contributed by atoms with Crippen LogP contribution in [0.25, 0.3) is 0 Å². The lowest BCUT2D eigenvalue weighted by Gasteiger charge is -2.07. The lowest BCUT2D eigenvalue weighted by Crippen LogP contribution is -2.13. The van der Waals surface area contributed by atoms with Crippen LogP contribution in [0.15, 0.2) is 24.3 Å². The van der Waals surface area contributed by atoms with Crippen LogP contribution in [0.5, 0.6) is 5.75 Å².